The van der Waals surface area contributed by atoms with Crippen molar-refractivity contribution < 1.29 is 29.3 Å². The minimum Gasteiger partial charge on any atom is -0.481 e. The molecule has 186 valence electrons. The van der Waals surface area contributed by atoms with Gasteiger partial charge in [0.1, 0.15) is 6.61 Å². The van der Waals surface area contributed by atoms with Crippen LogP contribution in [0.1, 0.15) is 103 Å². The molecule has 0 aromatic carbocycles. The average Bonchev–Trinajstić information content (AvgIpc) is 3.30. The SMILES string of the molecule is C=CC(=O)OCC1CCCO1.CCCCCC[C@@H](O)C/C=C\CCCCCCCC(=O)O. The molecule has 1 aliphatic rings. The fraction of sp³-hybridized carbons (Fsp3) is 0.769. The summed E-state index contributed by atoms with van der Waals surface area (Å²) in [6, 6.07) is 0. The molecule has 0 saturated carbocycles. The fourth-order valence-corrected chi connectivity index (χ4v) is 3.37. The zero-order chi connectivity index (χ0) is 23.9. The van der Waals surface area contributed by atoms with E-state index in [2.05, 4.69) is 25.7 Å². The van der Waals surface area contributed by atoms with Gasteiger partial charge in [0.05, 0.1) is 12.2 Å². The van der Waals surface area contributed by atoms with Crippen LogP contribution < -0.4 is 0 Å². The lowest BCUT2D eigenvalue weighted by Gasteiger charge is -2.07. The number of aliphatic carboxylic acids is 1. The largest absolute Gasteiger partial charge is 0.481 e. The number of esters is 1. The number of carboxylic acid groups (broad SMARTS) is 1. The van der Waals surface area contributed by atoms with Crippen LogP contribution >= 0.6 is 0 Å². The van der Waals surface area contributed by atoms with Crippen molar-refractivity contribution >= 4 is 11.9 Å². The van der Waals surface area contributed by atoms with E-state index in [1.165, 1.54) is 25.7 Å². The molecule has 0 bridgehead atoms. The van der Waals surface area contributed by atoms with Crippen molar-refractivity contribution in [3.05, 3.63) is 24.8 Å². The molecule has 6 nitrogen and oxygen atoms in total. The van der Waals surface area contributed by atoms with Crippen molar-refractivity contribution in [2.24, 2.45) is 0 Å². The van der Waals surface area contributed by atoms with Crippen molar-refractivity contribution in [1.29, 1.82) is 0 Å². The Labute approximate surface area is 195 Å². The number of aliphatic hydroxyl groups excluding tert-OH is 1. The van der Waals surface area contributed by atoms with E-state index in [9.17, 15) is 14.7 Å². The summed E-state index contributed by atoms with van der Waals surface area (Å²) < 4.78 is 10.0. The summed E-state index contributed by atoms with van der Waals surface area (Å²) in [6.45, 7) is 6.64. The van der Waals surface area contributed by atoms with E-state index in [1.807, 2.05) is 0 Å². The molecule has 32 heavy (non-hydrogen) atoms. The third kappa shape index (κ3) is 21.6. The Hall–Kier alpha value is -1.66. The van der Waals surface area contributed by atoms with Crippen LogP contribution in [-0.2, 0) is 19.1 Å². The Bertz CT molecular complexity index is 497. The number of allylic oxidation sites excluding steroid dienone is 1. The van der Waals surface area contributed by atoms with Gasteiger partial charge < -0.3 is 19.7 Å². The second-order valence-corrected chi connectivity index (χ2v) is 8.38. The summed E-state index contributed by atoms with van der Waals surface area (Å²) in [6.07, 6.45) is 20.7. The smallest absolute Gasteiger partial charge is 0.330 e. The first kappa shape index (κ1) is 30.3. The molecule has 0 spiro atoms. The van der Waals surface area contributed by atoms with Gasteiger partial charge in [-0.05, 0) is 44.9 Å². The third-order valence-electron chi connectivity index (χ3n) is 5.33. The van der Waals surface area contributed by atoms with Gasteiger partial charge in [0.2, 0.25) is 0 Å². The van der Waals surface area contributed by atoms with Gasteiger partial charge in [-0.3, -0.25) is 4.79 Å². The number of aliphatic hydroxyl groups is 1. The lowest BCUT2D eigenvalue weighted by Crippen LogP contribution is -2.16. The molecule has 6 heteroatoms. The molecular formula is C26H46O6. The van der Waals surface area contributed by atoms with Crippen LogP contribution in [-0.4, -0.2) is 47.6 Å². The molecule has 1 unspecified atom stereocenters. The second kappa shape index (κ2) is 22.5. The van der Waals surface area contributed by atoms with Crippen molar-refractivity contribution in [3.8, 4) is 0 Å². The van der Waals surface area contributed by atoms with E-state index in [4.69, 9.17) is 14.6 Å². The van der Waals surface area contributed by atoms with Gasteiger partial charge in [0.25, 0.3) is 0 Å². The predicted octanol–water partition coefficient (Wildman–Crippen LogP) is 5.97. The van der Waals surface area contributed by atoms with Gasteiger partial charge in [-0.25, -0.2) is 4.79 Å². The van der Waals surface area contributed by atoms with E-state index in [1.54, 1.807) is 0 Å². The summed E-state index contributed by atoms with van der Waals surface area (Å²) in [7, 11) is 0. The first-order chi connectivity index (χ1) is 15.5. The summed E-state index contributed by atoms with van der Waals surface area (Å²) in [4.78, 5) is 20.9. The van der Waals surface area contributed by atoms with Gasteiger partial charge in [-0.1, -0.05) is 70.6 Å². The normalized spacial score (nSPS) is 16.4. The highest BCUT2D eigenvalue weighted by molar-refractivity contribution is 5.81. The molecule has 1 rings (SSSR count). The molecule has 0 amide bonds. The van der Waals surface area contributed by atoms with E-state index >= 15 is 0 Å². The van der Waals surface area contributed by atoms with E-state index < -0.39 is 5.97 Å². The summed E-state index contributed by atoms with van der Waals surface area (Å²) in [5.41, 5.74) is 0. The molecule has 2 atom stereocenters. The molecule has 1 heterocycles. The number of carbonyl (C=O) groups is 2. The molecule has 2 N–H and O–H groups in total. The Morgan fingerprint density at radius 3 is 2.47 bits per heavy atom. The summed E-state index contributed by atoms with van der Waals surface area (Å²) >= 11 is 0. The molecule has 1 fully saturated rings. The molecule has 0 aliphatic carbocycles. The minimum atomic E-state index is -0.689. The number of hydrogen-bond acceptors (Lipinski definition) is 5. The van der Waals surface area contributed by atoms with Crippen molar-refractivity contribution in [2.75, 3.05) is 13.2 Å². The topological polar surface area (TPSA) is 93.1 Å². The summed E-state index contributed by atoms with van der Waals surface area (Å²) in [5.74, 6) is -1.06. The molecule has 1 aliphatic heterocycles. The van der Waals surface area contributed by atoms with Crippen molar-refractivity contribution in [3.63, 3.8) is 0 Å². The van der Waals surface area contributed by atoms with Crippen molar-refractivity contribution in [2.45, 2.75) is 115 Å². The zero-order valence-corrected chi connectivity index (χ0v) is 20.1. The van der Waals surface area contributed by atoms with Gasteiger partial charge in [-0.15, -0.1) is 0 Å². The maximum atomic E-state index is 10.6. The quantitative estimate of drug-likeness (QED) is 0.115. The van der Waals surface area contributed by atoms with Gasteiger partial charge in [-0.2, -0.15) is 0 Å². The minimum absolute atomic E-state index is 0.110. The van der Waals surface area contributed by atoms with Crippen LogP contribution in [0.15, 0.2) is 24.8 Å². The predicted molar refractivity (Wildman–Crippen MR) is 129 cm³/mol. The average molecular weight is 455 g/mol. The molecule has 0 radical (unpaired) electrons. The van der Waals surface area contributed by atoms with Crippen LogP contribution in [0.3, 0.4) is 0 Å². The molecule has 0 aromatic rings. The van der Waals surface area contributed by atoms with Crippen LogP contribution in [0, 0.1) is 0 Å². The van der Waals surface area contributed by atoms with Gasteiger partial charge in [0, 0.05) is 19.1 Å². The molecule has 0 aromatic heterocycles. The highest BCUT2D eigenvalue weighted by Gasteiger charge is 2.16. The Kier molecular flexibility index (Phi) is 21.4. The van der Waals surface area contributed by atoms with Gasteiger partial charge >= 0.3 is 11.9 Å². The standard InChI is InChI=1S/C18H34O3.C8H12O3/c1-2-3-4-11-14-17(19)15-12-9-7-5-6-8-10-13-16-18(20)21;1-2-8(9)11-6-7-4-3-5-10-7/h9,12,17,19H,2-8,10-11,13-16H2,1H3,(H,20,21);2,7H,1,3-6H2/b12-9-;/t17-;/m1./s1. The fourth-order valence-electron chi connectivity index (χ4n) is 3.37. The highest BCUT2D eigenvalue weighted by Crippen LogP contribution is 2.12. The molecule has 1 saturated heterocycles. The first-order valence-electron chi connectivity index (χ1n) is 12.4. The number of carbonyl (C=O) groups excluding carboxylic acids is 1. The Morgan fingerprint density at radius 1 is 1.09 bits per heavy atom. The zero-order valence-electron chi connectivity index (χ0n) is 20.1. The Balaban J connectivity index is 0.000000726. The maximum absolute atomic E-state index is 10.6. The number of carboxylic acids is 1. The number of unbranched alkanes of at least 4 members (excludes halogenated alkanes) is 8. The summed E-state index contributed by atoms with van der Waals surface area (Å²) in [5, 5.41) is 18.3. The Morgan fingerprint density at radius 2 is 1.81 bits per heavy atom. The number of hydrogen-bond donors (Lipinski definition) is 2. The van der Waals surface area contributed by atoms with Crippen LogP contribution in [0.5, 0.6) is 0 Å². The van der Waals surface area contributed by atoms with Gasteiger partial charge in [0.15, 0.2) is 0 Å². The first-order valence-corrected chi connectivity index (χ1v) is 12.4. The second-order valence-electron chi connectivity index (χ2n) is 8.38. The lowest BCUT2D eigenvalue weighted by molar-refractivity contribution is -0.141. The van der Waals surface area contributed by atoms with Crippen LogP contribution in [0.2, 0.25) is 0 Å². The van der Waals surface area contributed by atoms with Crippen LogP contribution in [0.4, 0.5) is 0 Å². The maximum Gasteiger partial charge on any atom is 0.330 e. The van der Waals surface area contributed by atoms with E-state index in [-0.39, 0.29) is 18.2 Å². The van der Waals surface area contributed by atoms with Crippen molar-refractivity contribution in [1.82, 2.24) is 0 Å². The van der Waals surface area contributed by atoms with E-state index in [0.29, 0.717) is 13.0 Å². The van der Waals surface area contributed by atoms with Crippen LogP contribution in [0.25, 0.3) is 0 Å². The lowest BCUT2D eigenvalue weighted by atomic mass is 10.1. The number of rotatable bonds is 18. The monoisotopic (exact) mass is 454 g/mol. The van der Waals surface area contributed by atoms with E-state index in [0.717, 1.165) is 76.9 Å². The number of ether oxygens (including phenoxy) is 2. The highest BCUT2D eigenvalue weighted by atomic mass is 16.6. The third-order valence-corrected chi connectivity index (χ3v) is 5.33. The molecular weight excluding hydrogens is 408 g/mol.